The van der Waals surface area contributed by atoms with Crippen molar-refractivity contribution in [1.29, 1.82) is 5.26 Å². The van der Waals surface area contributed by atoms with Crippen LogP contribution in [-0.2, 0) is 17.1 Å². The van der Waals surface area contributed by atoms with Gasteiger partial charge in [0.05, 0.1) is 18.7 Å². The molecule has 0 aliphatic rings. The van der Waals surface area contributed by atoms with Crippen LogP contribution < -0.4 is 14.8 Å². The smallest absolute Gasteiger partial charge is 0.273 e. The van der Waals surface area contributed by atoms with Gasteiger partial charge in [-0.25, -0.2) is 8.42 Å². The third-order valence-corrected chi connectivity index (χ3v) is 5.45. The zero-order valence-corrected chi connectivity index (χ0v) is 16.4. The minimum Gasteiger partial charge on any atom is -0.495 e. The molecule has 0 unspecified atom stereocenters. The number of nitrogens with zero attached hydrogens (tertiary/aromatic N) is 3. The number of benzene rings is 2. The van der Waals surface area contributed by atoms with Crippen molar-refractivity contribution in [1.82, 2.24) is 9.78 Å². The first-order valence-corrected chi connectivity index (χ1v) is 9.83. The number of carbonyl (C=O) groups is 1. The molecule has 0 fully saturated rings. The van der Waals surface area contributed by atoms with Crippen LogP contribution in [0.4, 0.5) is 11.4 Å². The fourth-order valence-corrected chi connectivity index (χ4v) is 3.79. The number of hydrogen-bond donors (Lipinski definition) is 2. The Kier molecular flexibility index (Phi) is 5.52. The molecule has 0 radical (unpaired) electrons. The fraction of sp³-hybridized carbons (Fsp3) is 0.105. The van der Waals surface area contributed by atoms with Crippen LogP contribution in [-0.4, -0.2) is 31.2 Å². The molecule has 3 aromatic rings. The molecule has 0 aliphatic heterocycles. The van der Waals surface area contributed by atoms with Gasteiger partial charge in [0.2, 0.25) is 0 Å². The molecule has 2 aromatic carbocycles. The number of rotatable bonds is 6. The maximum absolute atomic E-state index is 12.7. The number of methoxy groups -OCH3 is 1. The first-order chi connectivity index (χ1) is 13.8. The predicted molar refractivity (Wildman–Crippen MR) is 106 cm³/mol. The van der Waals surface area contributed by atoms with E-state index in [1.807, 2.05) is 6.07 Å². The van der Waals surface area contributed by atoms with Crippen molar-refractivity contribution in [2.45, 2.75) is 4.90 Å². The molecule has 2 N–H and O–H groups in total. The minimum atomic E-state index is -3.96. The van der Waals surface area contributed by atoms with Crippen molar-refractivity contribution < 1.29 is 17.9 Å². The third kappa shape index (κ3) is 4.36. The summed E-state index contributed by atoms with van der Waals surface area (Å²) in [5.74, 6) is -0.327. The predicted octanol–water partition coefficient (Wildman–Crippen LogP) is 2.35. The number of ether oxygens (including phenoxy) is 1. The largest absolute Gasteiger partial charge is 0.495 e. The number of nitriles is 1. The first-order valence-electron chi connectivity index (χ1n) is 8.34. The highest BCUT2D eigenvalue weighted by atomic mass is 32.2. The Balaban J connectivity index is 1.84. The summed E-state index contributed by atoms with van der Waals surface area (Å²) in [4.78, 5) is 12.2. The molecule has 0 bridgehead atoms. The lowest BCUT2D eigenvalue weighted by atomic mass is 10.2. The molecule has 0 spiro atoms. The molecule has 0 saturated heterocycles. The fourth-order valence-electron chi connectivity index (χ4n) is 2.58. The lowest BCUT2D eigenvalue weighted by Crippen LogP contribution is -2.17. The van der Waals surface area contributed by atoms with Crippen LogP contribution in [0, 0.1) is 11.3 Å². The van der Waals surface area contributed by atoms with Crippen molar-refractivity contribution in [3.63, 3.8) is 0 Å². The highest BCUT2D eigenvalue weighted by Gasteiger charge is 2.21. The Labute approximate surface area is 167 Å². The third-order valence-electron chi connectivity index (χ3n) is 4.03. The summed E-state index contributed by atoms with van der Waals surface area (Å²) in [5, 5.41) is 15.4. The average Bonchev–Trinajstić information content (AvgIpc) is 3.14. The Morgan fingerprint density at radius 3 is 2.41 bits per heavy atom. The monoisotopic (exact) mass is 411 g/mol. The lowest BCUT2D eigenvalue weighted by Gasteiger charge is -2.13. The van der Waals surface area contributed by atoms with Crippen LogP contribution in [0.15, 0.2) is 59.6 Å². The molecule has 0 aliphatic carbocycles. The van der Waals surface area contributed by atoms with Gasteiger partial charge in [-0.2, -0.15) is 10.4 Å². The maximum Gasteiger partial charge on any atom is 0.273 e. The highest BCUT2D eigenvalue weighted by Crippen LogP contribution is 2.29. The average molecular weight is 411 g/mol. The maximum atomic E-state index is 12.7. The molecule has 1 amide bonds. The second-order valence-corrected chi connectivity index (χ2v) is 7.61. The molecule has 0 saturated carbocycles. The van der Waals surface area contributed by atoms with Gasteiger partial charge in [0.1, 0.15) is 16.3 Å². The zero-order chi connectivity index (χ0) is 21.0. The van der Waals surface area contributed by atoms with Crippen molar-refractivity contribution in [2.24, 2.45) is 7.05 Å². The molecule has 1 heterocycles. The summed E-state index contributed by atoms with van der Waals surface area (Å²) in [6.45, 7) is 0. The Bertz CT molecular complexity index is 1190. The van der Waals surface area contributed by atoms with Crippen LogP contribution in [0.2, 0.25) is 0 Å². The SMILES string of the molecule is COc1cc(NC(=O)c2ccnn2C)ccc1S(=O)(=O)Nc1ccc(C#N)cc1. The number of aromatic nitrogens is 2. The van der Waals surface area contributed by atoms with E-state index in [0.29, 0.717) is 22.6 Å². The molecular weight excluding hydrogens is 394 g/mol. The number of aryl methyl sites for hydroxylation is 1. The van der Waals surface area contributed by atoms with Crippen LogP contribution in [0.1, 0.15) is 16.1 Å². The number of sulfonamides is 1. The van der Waals surface area contributed by atoms with Crippen LogP contribution in [0.3, 0.4) is 0 Å². The first kappa shape index (κ1) is 19.9. The molecule has 10 heteroatoms. The number of anilines is 2. The van der Waals surface area contributed by atoms with Gasteiger partial charge in [-0.1, -0.05) is 0 Å². The molecule has 29 heavy (non-hydrogen) atoms. The van der Waals surface area contributed by atoms with E-state index in [1.54, 1.807) is 13.1 Å². The second kappa shape index (κ2) is 8.04. The van der Waals surface area contributed by atoms with E-state index >= 15 is 0 Å². The number of amides is 1. The van der Waals surface area contributed by atoms with Crippen molar-refractivity contribution in [3.8, 4) is 11.8 Å². The van der Waals surface area contributed by atoms with E-state index in [2.05, 4.69) is 15.1 Å². The van der Waals surface area contributed by atoms with E-state index in [-0.39, 0.29) is 10.6 Å². The topological polar surface area (TPSA) is 126 Å². The van der Waals surface area contributed by atoms with Crippen LogP contribution in [0.25, 0.3) is 0 Å². The van der Waals surface area contributed by atoms with E-state index in [9.17, 15) is 13.2 Å². The Hall–Kier alpha value is -3.84. The van der Waals surface area contributed by atoms with Gasteiger partial charge in [-0.15, -0.1) is 0 Å². The normalized spacial score (nSPS) is 10.8. The highest BCUT2D eigenvalue weighted by molar-refractivity contribution is 7.92. The van der Waals surface area contributed by atoms with Crippen molar-refractivity contribution in [3.05, 3.63) is 66.0 Å². The summed E-state index contributed by atoms with van der Waals surface area (Å²) < 4.78 is 34.6. The molecule has 3 rings (SSSR count). The van der Waals surface area contributed by atoms with Gasteiger partial charge in [-0.05, 0) is 42.5 Å². The molecule has 9 nitrogen and oxygen atoms in total. The zero-order valence-electron chi connectivity index (χ0n) is 15.6. The van der Waals surface area contributed by atoms with E-state index in [4.69, 9.17) is 10.00 Å². The van der Waals surface area contributed by atoms with Crippen LogP contribution >= 0.6 is 0 Å². The molecule has 148 valence electrons. The summed E-state index contributed by atoms with van der Waals surface area (Å²) in [7, 11) is -0.981. The van der Waals surface area contributed by atoms with Gasteiger partial charge in [0.25, 0.3) is 15.9 Å². The van der Waals surface area contributed by atoms with E-state index in [1.165, 1.54) is 60.5 Å². The number of nitrogens with one attached hydrogen (secondary N) is 2. The van der Waals surface area contributed by atoms with Gasteiger partial charge in [0.15, 0.2) is 0 Å². The second-order valence-electron chi connectivity index (χ2n) is 5.95. The Morgan fingerprint density at radius 1 is 1.14 bits per heavy atom. The van der Waals surface area contributed by atoms with E-state index in [0.717, 1.165) is 0 Å². The lowest BCUT2D eigenvalue weighted by molar-refractivity contribution is 0.101. The van der Waals surface area contributed by atoms with Crippen molar-refractivity contribution >= 4 is 27.3 Å². The number of carbonyl (C=O) groups excluding carboxylic acids is 1. The molecular formula is C19H17N5O4S. The summed E-state index contributed by atoms with van der Waals surface area (Å²) >= 11 is 0. The van der Waals surface area contributed by atoms with Crippen LogP contribution in [0.5, 0.6) is 5.75 Å². The molecule has 0 atom stereocenters. The summed E-state index contributed by atoms with van der Waals surface area (Å²) in [5.41, 5.74) is 1.44. The van der Waals surface area contributed by atoms with Gasteiger partial charge < -0.3 is 10.1 Å². The van der Waals surface area contributed by atoms with E-state index < -0.39 is 15.9 Å². The standard InChI is InChI=1S/C19H17N5O4S/c1-24-16(9-10-21-24)19(25)22-15-7-8-18(17(11-15)28-2)29(26,27)23-14-5-3-13(12-20)4-6-14/h3-11,23H,1-2H3,(H,22,25). The Morgan fingerprint density at radius 2 is 1.83 bits per heavy atom. The molecule has 1 aromatic heterocycles. The summed E-state index contributed by atoms with van der Waals surface area (Å²) in [6, 6.07) is 13.7. The van der Waals surface area contributed by atoms with Crippen molar-refractivity contribution in [2.75, 3.05) is 17.1 Å². The number of hydrogen-bond acceptors (Lipinski definition) is 6. The summed E-state index contributed by atoms with van der Waals surface area (Å²) in [6.07, 6.45) is 1.50. The minimum absolute atomic E-state index is 0.0638. The van der Waals surface area contributed by atoms with Gasteiger partial charge >= 0.3 is 0 Å². The van der Waals surface area contributed by atoms with Gasteiger partial charge in [0, 0.05) is 30.7 Å². The quantitative estimate of drug-likeness (QED) is 0.641. The van der Waals surface area contributed by atoms with Gasteiger partial charge in [-0.3, -0.25) is 14.2 Å².